The Morgan fingerprint density at radius 3 is 2.53 bits per heavy atom. The third kappa shape index (κ3) is 4.11. The van der Waals surface area contributed by atoms with Gasteiger partial charge in [0, 0.05) is 28.8 Å². The van der Waals surface area contributed by atoms with E-state index in [1.807, 2.05) is 24.3 Å². The number of pyridine rings is 1. The van der Waals surface area contributed by atoms with Crippen molar-refractivity contribution in [2.24, 2.45) is 0 Å². The van der Waals surface area contributed by atoms with Gasteiger partial charge in [0.25, 0.3) is 0 Å². The molecule has 0 amide bonds. The average molecular weight is 323 g/mol. The van der Waals surface area contributed by atoms with E-state index in [2.05, 4.69) is 33.2 Å². The molecule has 4 heteroatoms. The summed E-state index contributed by atoms with van der Waals surface area (Å²) in [5.74, 6) is -0.208. The number of hydrogen-bond donors (Lipinski definition) is 1. The Bertz CT molecular complexity index is 511. The van der Waals surface area contributed by atoms with Gasteiger partial charge in [-0.25, -0.2) is 4.39 Å². The minimum Gasteiger partial charge on any atom is -0.310 e. The van der Waals surface area contributed by atoms with Crippen molar-refractivity contribution in [1.29, 1.82) is 0 Å². The number of nitrogens with one attached hydrogen (secondary N) is 1. The van der Waals surface area contributed by atoms with E-state index in [0.717, 1.165) is 28.7 Å². The van der Waals surface area contributed by atoms with Crippen molar-refractivity contribution in [3.8, 4) is 0 Å². The summed E-state index contributed by atoms with van der Waals surface area (Å²) in [6.07, 6.45) is 2.58. The zero-order chi connectivity index (χ0) is 13.7. The lowest BCUT2D eigenvalue weighted by atomic mass is 10.0. The molecule has 0 aliphatic rings. The molecule has 1 aromatic heterocycles. The van der Waals surface area contributed by atoms with Crippen LogP contribution in [0.25, 0.3) is 0 Å². The fourth-order valence-electron chi connectivity index (χ4n) is 1.99. The number of hydrogen-bond acceptors (Lipinski definition) is 2. The summed E-state index contributed by atoms with van der Waals surface area (Å²) in [5.41, 5.74) is 2.09. The first-order valence-corrected chi connectivity index (χ1v) is 7.07. The van der Waals surface area contributed by atoms with Crippen LogP contribution in [0, 0.1) is 5.82 Å². The van der Waals surface area contributed by atoms with Crippen molar-refractivity contribution < 1.29 is 4.39 Å². The lowest BCUT2D eigenvalue weighted by Gasteiger charge is -2.18. The van der Waals surface area contributed by atoms with E-state index in [0.29, 0.717) is 0 Å². The van der Waals surface area contributed by atoms with Crippen LogP contribution >= 0.6 is 15.9 Å². The number of rotatable bonds is 5. The highest BCUT2D eigenvalue weighted by Crippen LogP contribution is 2.19. The third-order valence-corrected chi connectivity index (χ3v) is 3.39. The average Bonchev–Trinajstić information content (AvgIpc) is 2.42. The van der Waals surface area contributed by atoms with Crippen molar-refractivity contribution in [3.05, 3.63) is 64.1 Å². The highest BCUT2D eigenvalue weighted by Gasteiger charge is 2.11. The van der Waals surface area contributed by atoms with Crippen LogP contribution in [0.15, 0.2) is 47.1 Å². The minimum atomic E-state index is -0.208. The lowest BCUT2D eigenvalue weighted by molar-refractivity contribution is 0.542. The molecule has 0 spiro atoms. The van der Waals surface area contributed by atoms with Gasteiger partial charge < -0.3 is 5.32 Å². The highest BCUT2D eigenvalue weighted by atomic mass is 79.9. The van der Waals surface area contributed by atoms with E-state index >= 15 is 0 Å². The highest BCUT2D eigenvalue weighted by molar-refractivity contribution is 9.10. The van der Waals surface area contributed by atoms with Crippen molar-refractivity contribution in [3.63, 3.8) is 0 Å². The standard InChI is InChI=1S/C15H16BrFN2/c1-2-18-15(11-3-6-13(17)7-4-11)9-14-8-5-12(16)10-19-14/h3-8,10,15,18H,2,9H2,1H3. The molecule has 0 bridgehead atoms. The van der Waals surface area contributed by atoms with E-state index in [9.17, 15) is 4.39 Å². The monoisotopic (exact) mass is 322 g/mol. The SMILES string of the molecule is CCNC(Cc1ccc(Br)cn1)c1ccc(F)cc1. The molecule has 1 unspecified atom stereocenters. The maximum Gasteiger partial charge on any atom is 0.123 e. The fraction of sp³-hybridized carbons (Fsp3) is 0.267. The summed E-state index contributed by atoms with van der Waals surface area (Å²) in [6, 6.07) is 10.8. The van der Waals surface area contributed by atoms with E-state index in [1.165, 1.54) is 12.1 Å². The van der Waals surface area contributed by atoms with Crippen molar-refractivity contribution in [1.82, 2.24) is 10.3 Å². The van der Waals surface area contributed by atoms with Crippen molar-refractivity contribution >= 4 is 15.9 Å². The van der Waals surface area contributed by atoms with Crippen LogP contribution in [-0.2, 0) is 6.42 Å². The van der Waals surface area contributed by atoms with Crippen LogP contribution < -0.4 is 5.32 Å². The Kier molecular flexibility index (Phi) is 5.05. The van der Waals surface area contributed by atoms with Crippen LogP contribution in [0.1, 0.15) is 24.2 Å². The van der Waals surface area contributed by atoms with Crippen LogP contribution in [0.5, 0.6) is 0 Å². The number of likely N-dealkylation sites (N-methyl/N-ethyl adjacent to an activating group) is 1. The molecular weight excluding hydrogens is 307 g/mol. The second kappa shape index (κ2) is 6.78. The van der Waals surface area contributed by atoms with Crippen LogP contribution in [-0.4, -0.2) is 11.5 Å². The van der Waals surface area contributed by atoms with Crippen molar-refractivity contribution in [2.45, 2.75) is 19.4 Å². The zero-order valence-corrected chi connectivity index (χ0v) is 12.3. The van der Waals surface area contributed by atoms with Crippen LogP contribution in [0.2, 0.25) is 0 Å². The molecule has 0 radical (unpaired) electrons. The number of aromatic nitrogens is 1. The fourth-order valence-corrected chi connectivity index (χ4v) is 2.22. The molecule has 2 rings (SSSR count). The predicted molar refractivity (Wildman–Crippen MR) is 78.5 cm³/mol. The maximum absolute atomic E-state index is 13.0. The summed E-state index contributed by atoms with van der Waals surface area (Å²) >= 11 is 3.38. The first kappa shape index (κ1) is 14.2. The smallest absolute Gasteiger partial charge is 0.123 e. The van der Waals surface area contributed by atoms with Gasteiger partial charge in [0.2, 0.25) is 0 Å². The quantitative estimate of drug-likeness (QED) is 0.903. The molecule has 1 N–H and O–H groups in total. The van der Waals surface area contributed by atoms with Gasteiger partial charge in [0.1, 0.15) is 5.82 Å². The molecular formula is C15H16BrFN2. The zero-order valence-electron chi connectivity index (χ0n) is 10.7. The Morgan fingerprint density at radius 1 is 1.21 bits per heavy atom. The Labute approximate surface area is 121 Å². The van der Waals surface area contributed by atoms with Gasteiger partial charge in [0.15, 0.2) is 0 Å². The molecule has 0 aliphatic heterocycles. The molecule has 2 aromatic rings. The van der Waals surface area contributed by atoms with Gasteiger partial charge in [-0.3, -0.25) is 4.98 Å². The first-order valence-electron chi connectivity index (χ1n) is 6.28. The second-order valence-electron chi connectivity index (χ2n) is 4.33. The van der Waals surface area contributed by atoms with Crippen LogP contribution in [0.4, 0.5) is 4.39 Å². The molecule has 19 heavy (non-hydrogen) atoms. The lowest BCUT2D eigenvalue weighted by Crippen LogP contribution is -2.23. The molecule has 0 aliphatic carbocycles. The van der Waals surface area contributed by atoms with E-state index in [1.54, 1.807) is 6.20 Å². The number of nitrogens with zero attached hydrogens (tertiary/aromatic N) is 1. The van der Waals surface area contributed by atoms with Crippen LogP contribution in [0.3, 0.4) is 0 Å². The molecule has 1 heterocycles. The van der Waals surface area contributed by atoms with Crippen molar-refractivity contribution in [2.75, 3.05) is 6.54 Å². The Hall–Kier alpha value is -1.26. The second-order valence-corrected chi connectivity index (χ2v) is 5.25. The first-order chi connectivity index (χ1) is 9.19. The van der Waals surface area contributed by atoms with Gasteiger partial charge in [0.05, 0.1) is 0 Å². The van der Waals surface area contributed by atoms with E-state index in [4.69, 9.17) is 0 Å². The Balaban J connectivity index is 2.15. The van der Waals surface area contributed by atoms with Gasteiger partial charge in [-0.1, -0.05) is 19.1 Å². The van der Waals surface area contributed by atoms with Gasteiger partial charge >= 0.3 is 0 Å². The summed E-state index contributed by atoms with van der Waals surface area (Å²) in [5, 5.41) is 3.41. The third-order valence-electron chi connectivity index (χ3n) is 2.92. The maximum atomic E-state index is 13.0. The molecule has 2 nitrogen and oxygen atoms in total. The molecule has 100 valence electrons. The largest absolute Gasteiger partial charge is 0.310 e. The molecule has 0 fully saturated rings. The normalized spacial score (nSPS) is 12.4. The summed E-state index contributed by atoms with van der Waals surface area (Å²) in [4.78, 5) is 4.38. The van der Waals surface area contributed by atoms with Gasteiger partial charge in [-0.15, -0.1) is 0 Å². The topological polar surface area (TPSA) is 24.9 Å². The van der Waals surface area contributed by atoms with Gasteiger partial charge in [-0.2, -0.15) is 0 Å². The molecule has 1 atom stereocenters. The molecule has 0 saturated heterocycles. The summed E-state index contributed by atoms with van der Waals surface area (Å²) < 4.78 is 13.9. The number of benzene rings is 1. The summed E-state index contributed by atoms with van der Waals surface area (Å²) in [6.45, 7) is 2.92. The van der Waals surface area contributed by atoms with E-state index in [-0.39, 0.29) is 11.9 Å². The van der Waals surface area contributed by atoms with E-state index < -0.39 is 0 Å². The summed E-state index contributed by atoms with van der Waals surface area (Å²) in [7, 11) is 0. The molecule has 0 saturated carbocycles. The predicted octanol–water partition coefficient (Wildman–Crippen LogP) is 3.88. The minimum absolute atomic E-state index is 0.152. The molecule has 1 aromatic carbocycles. The Morgan fingerprint density at radius 2 is 1.95 bits per heavy atom. The van der Waals surface area contributed by atoms with Gasteiger partial charge in [-0.05, 0) is 52.3 Å². The number of halogens is 2.